The van der Waals surface area contributed by atoms with Gasteiger partial charge in [-0.15, -0.1) is 0 Å². The van der Waals surface area contributed by atoms with E-state index in [0.717, 1.165) is 60.1 Å². The average Bonchev–Trinajstić information content (AvgIpc) is 2.81. The molecule has 2 aromatic carbocycles. The Bertz CT molecular complexity index is 1090. The molecule has 4 rings (SSSR count). The number of nitrogens with one attached hydrogen (secondary N) is 2. The Morgan fingerprint density at radius 3 is 2.52 bits per heavy atom. The number of benzene rings is 2. The van der Waals surface area contributed by atoms with Gasteiger partial charge in [0.25, 0.3) is 5.91 Å². The van der Waals surface area contributed by atoms with Crippen molar-refractivity contribution in [1.82, 2.24) is 15.2 Å². The van der Waals surface area contributed by atoms with Crippen molar-refractivity contribution in [1.29, 1.82) is 0 Å². The fourth-order valence-electron chi connectivity index (χ4n) is 4.92. The van der Waals surface area contributed by atoms with Gasteiger partial charge in [-0.2, -0.15) is 0 Å². The van der Waals surface area contributed by atoms with E-state index in [-0.39, 0.29) is 5.91 Å². The minimum Gasteiger partial charge on any atom is -0.495 e. The van der Waals surface area contributed by atoms with Crippen LogP contribution in [-0.4, -0.2) is 49.1 Å². The van der Waals surface area contributed by atoms with Gasteiger partial charge >= 0.3 is 0 Å². The van der Waals surface area contributed by atoms with Crippen LogP contribution < -0.4 is 15.4 Å². The highest BCUT2D eigenvalue weighted by Gasteiger charge is 2.21. The van der Waals surface area contributed by atoms with Crippen molar-refractivity contribution in [2.75, 3.05) is 38.6 Å². The summed E-state index contributed by atoms with van der Waals surface area (Å²) in [6.07, 6.45) is 3.92. The van der Waals surface area contributed by atoms with Crippen LogP contribution in [0.3, 0.4) is 0 Å². The largest absolute Gasteiger partial charge is 0.495 e. The number of rotatable bonds is 8. The molecule has 174 valence electrons. The molecule has 1 aliphatic heterocycles. The van der Waals surface area contributed by atoms with E-state index in [4.69, 9.17) is 4.74 Å². The molecule has 6 nitrogen and oxygen atoms in total. The second kappa shape index (κ2) is 10.7. The Labute approximate surface area is 196 Å². The lowest BCUT2D eigenvalue weighted by Crippen LogP contribution is -2.40. The van der Waals surface area contributed by atoms with Crippen molar-refractivity contribution in [3.05, 3.63) is 60.3 Å². The summed E-state index contributed by atoms with van der Waals surface area (Å²) < 4.78 is 5.44. The van der Waals surface area contributed by atoms with Gasteiger partial charge in [0.1, 0.15) is 11.6 Å². The van der Waals surface area contributed by atoms with Crippen molar-refractivity contribution in [3.63, 3.8) is 0 Å². The van der Waals surface area contributed by atoms with E-state index >= 15 is 0 Å². The van der Waals surface area contributed by atoms with Crippen LogP contribution in [0, 0.1) is 11.8 Å². The third-order valence-electron chi connectivity index (χ3n) is 6.28. The van der Waals surface area contributed by atoms with E-state index in [1.54, 1.807) is 13.3 Å². The number of likely N-dealkylation sites (tertiary alicyclic amines) is 1. The molecule has 2 N–H and O–H groups in total. The zero-order valence-electron chi connectivity index (χ0n) is 19.8. The molecule has 1 aliphatic rings. The highest BCUT2D eigenvalue weighted by Crippen LogP contribution is 2.31. The van der Waals surface area contributed by atoms with Crippen LogP contribution in [0.5, 0.6) is 5.75 Å². The molecule has 1 aromatic heterocycles. The SMILES string of the molecule is COc1ccccc1Nc1ncc(C(=O)NCCCN2C[C@@H](C)C[C@H](C)C2)c2ccccc12. The molecule has 1 amide bonds. The van der Waals surface area contributed by atoms with Gasteiger partial charge in [-0.3, -0.25) is 4.79 Å². The molecule has 0 spiro atoms. The number of nitrogens with zero attached hydrogens (tertiary/aromatic N) is 2. The van der Waals surface area contributed by atoms with Crippen molar-refractivity contribution in [2.24, 2.45) is 11.8 Å². The minimum atomic E-state index is -0.0806. The number of carbonyl (C=O) groups is 1. The molecule has 2 heterocycles. The van der Waals surface area contributed by atoms with Crippen molar-refractivity contribution < 1.29 is 9.53 Å². The van der Waals surface area contributed by atoms with E-state index in [1.807, 2.05) is 48.5 Å². The summed E-state index contributed by atoms with van der Waals surface area (Å²) in [5.74, 6) is 2.86. The zero-order chi connectivity index (χ0) is 23.2. The van der Waals surface area contributed by atoms with Crippen LogP contribution in [0.1, 0.15) is 37.0 Å². The Hall–Kier alpha value is -3.12. The van der Waals surface area contributed by atoms with E-state index in [0.29, 0.717) is 17.9 Å². The van der Waals surface area contributed by atoms with Gasteiger partial charge in [0.2, 0.25) is 0 Å². The summed E-state index contributed by atoms with van der Waals surface area (Å²) >= 11 is 0. The van der Waals surface area contributed by atoms with Gasteiger partial charge in [-0.1, -0.05) is 50.2 Å². The van der Waals surface area contributed by atoms with Crippen molar-refractivity contribution in [3.8, 4) is 5.75 Å². The lowest BCUT2D eigenvalue weighted by atomic mass is 9.92. The maximum absolute atomic E-state index is 13.0. The molecular weight excluding hydrogens is 412 g/mol. The van der Waals surface area contributed by atoms with Gasteiger partial charge in [0, 0.05) is 31.2 Å². The van der Waals surface area contributed by atoms with E-state index < -0.39 is 0 Å². The Kier molecular flexibility index (Phi) is 7.45. The predicted molar refractivity (Wildman–Crippen MR) is 134 cm³/mol. The quantitative estimate of drug-likeness (QED) is 0.472. The number of anilines is 2. The Morgan fingerprint density at radius 1 is 1.06 bits per heavy atom. The predicted octanol–water partition coefficient (Wildman–Crippen LogP) is 5.08. The monoisotopic (exact) mass is 446 g/mol. The fourth-order valence-corrected chi connectivity index (χ4v) is 4.92. The second-order valence-electron chi connectivity index (χ2n) is 9.21. The molecule has 3 aromatic rings. The highest BCUT2D eigenvalue weighted by molar-refractivity contribution is 6.09. The fraction of sp³-hybridized carbons (Fsp3) is 0.407. The van der Waals surface area contributed by atoms with Crippen molar-refractivity contribution in [2.45, 2.75) is 26.7 Å². The number of aromatic nitrogens is 1. The van der Waals surface area contributed by atoms with Gasteiger partial charge in [0.15, 0.2) is 0 Å². The van der Waals surface area contributed by atoms with Gasteiger partial charge in [-0.25, -0.2) is 4.98 Å². The molecule has 0 radical (unpaired) electrons. The molecule has 0 unspecified atom stereocenters. The van der Waals surface area contributed by atoms with E-state index in [1.165, 1.54) is 6.42 Å². The first kappa shape index (κ1) is 23.1. The van der Waals surface area contributed by atoms with Gasteiger partial charge < -0.3 is 20.3 Å². The highest BCUT2D eigenvalue weighted by atomic mass is 16.5. The molecule has 0 bridgehead atoms. The smallest absolute Gasteiger partial charge is 0.253 e. The second-order valence-corrected chi connectivity index (χ2v) is 9.21. The number of para-hydroxylation sites is 2. The lowest BCUT2D eigenvalue weighted by Gasteiger charge is -2.34. The first-order valence-corrected chi connectivity index (χ1v) is 11.8. The standard InChI is InChI=1S/C27H34N4O2/c1-19-15-20(2)18-31(17-19)14-8-13-28-27(32)23-16-29-26(22-10-5-4-9-21(22)23)30-24-11-6-7-12-25(24)33-3/h4-7,9-12,16,19-20H,8,13-15,17-18H2,1-3H3,(H,28,32)(H,29,30)/t19-,20-/m0/s1. The maximum Gasteiger partial charge on any atom is 0.253 e. The topological polar surface area (TPSA) is 66.5 Å². The van der Waals surface area contributed by atoms with E-state index in [2.05, 4.69) is 34.4 Å². The minimum absolute atomic E-state index is 0.0806. The number of piperidine rings is 1. The number of hydrogen-bond acceptors (Lipinski definition) is 5. The van der Waals surface area contributed by atoms with Crippen LogP contribution >= 0.6 is 0 Å². The maximum atomic E-state index is 13.0. The average molecular weight is 447 g/mol. The molecule has 0 saturated carbocycles. The lowest BCUT2D eigenvalue weighted by molar-refractivity contribution is 0.0948. The third kappa shape index (κ3) is 5.63. The first-order valence-electron chi connectivity index (χ1n) is 11.8. The molecule has 0 aliphatic carbocycles. The summed E-state index contributed by atoms with van der Waals surface area (Å²) in [5, 5.41) is 8.22. The molecule has 6 heteroatoms. The normalized spacial score (nSPS) is 18.8. The van der Waals surface area contributed by atoms with Crippen LogP contribution in [0.15, 0.2) is 54.7 Å². The number of amides is 1. The van der Waals surface area contributed by atoms with E-state index in [9.17, 15) is 4.79 Å². The number of pyridine rings is 1. The van der Waals surface area contributed by atoms with Gasteiger partial charge in [0.05, 0.1) is 18.4 Å². The molecule has 2 atom stereocenters. The summed E-state index contributed by atoms with van der Waals surface area (Å²) in [7, 11) is 1.64. The van der Waals surface area contributed by atoms with Crippen LogP contribution in [0.2, 0.25) is 0 Å². The number of ether oxygens (including phenoxy) is 1. The van der Waals surface area contributed by atoms with Gasteiger partial charge in [-0.05, 0) is 48.7 Å². The summed E-state index contributed by atoms with van der Waals surface area (Å²) in [5.41, 5.74) is 1.42. The first-order chi connectivity index (χ1) is 16.0. The molecule has 1 saturated heterocycles. The number of carbonyl (C=O) groups excluding carboxylic acids is 1. The Morgan fingerprint density at radius 2 is 1.76 bits per heavy atom. The third-order valence-corrected chi connectivity index (χ3v) is 6.28. The van der Waals surface area contributed by atoms with Crippen LogP contribution in [0.25, 0.3) is 10.8 Å². The van der Waals surface area contributed by atoms with Crippen LogP contribution in [0.4, 0.5) is 11.5 Å². The van der Waals surface area contributed by atoms with Crippen molar-refractivity contribution >= 4 is 28.2 Å². The van der Waals surface area contributed by atoms with Crippen LogP contribution in [-0.2, 0) is 0 Å². The molecular formula is C27H34N4O2. The summed E-state index contributed by atoms with van der Waals surface area (Å²) in [6, 6.07) is 15.6. The number of methoxy groups -OCH3 is 1. The molecule has 33 heavy (non-hydrogen) atoms. The molecule has 1 fully saturated rings. The number of hydrogen-bond donors (Lipinski definition) is 2. The Balaban J connectivity index is 1.43. The summed E-state index contributed by atoms with van der Waals surface area (Å²) in [6.45, 7) is 8.66. The number of fused-ring (bicyclic) bond motifs is 1. The zero-order valence-corrected chi connectivity index (χ0v) is 19.8. The summed E-state index contributed by atoms with van der Waals surface area (Å²) in [4.78, 5) is 20.1.